The number of rotatable bonds is 8. The molecule has 1 atom stereocenters. The predicted molar refractivity (Wildman–Crippen MR) is 126 cm³/mol. The van der Waals surface area contributed by atoms with E-state index in [0.29, 0.717) is 32.9 Å². The van der Waals surface area contributed by atoms with Crippen LogP contribution in [0.25, 0.3) is 0 Å². The predicted octanol–water partition coefficient (Wildman–Crippen LogP) is 2.92. The molecule has 0 saturated carbocycles. The molecule has 2 aliphatic rings. The normalized spacial score (nSPS) is 19.1. The van der Waals surface area contributed by atoms with Crippen LogP contribution in [0.1, 0.15) is 17.2 Å². The fraction of sp³-hybridized carbons (Fsp3) is 0.480. The maximum atomic E-state index is 12.2. The molecule has 172 valence electrons. The Hall–Kier alpha value is -1.96. The van der Waals surface area contributed by atoms with Gasteiger partial charge in [0.1, 0.15) is 6.61 Å². The summed E-state index contributed by atoms with van der Waals surface area (Å²) >= 11 is 6.13. The fourth-order valence-corrected chi connectivity index (χ4v) is 4.52. The van der Waals surface area contributed by atoms with Gasteiger partial charge in [0.15, 0.2) is 0 Å². The van der Waals surface area contributed by atoms with Crippen LogP contribution < -0.4 is 0 Å². The molecule has 6 nitrogen and oxygen atoms in total. The van der Waals surface area contributed by atoms with Crippen molar-refractivity contribution < 1.29 is 14.3 Å². The zero-order valence-electron chi connectivity index (χ0n) is 18.5. The minimum absolute atomic E-state index is 0.0618. The first-order chi connectivity index (χ1) is 15.7. The van der Waals surface area contributed by atoms with Gasteiger partial charge in [-0.2, -0.15) is 0 Å². The van der Waals surface area contributed by atoms with Crippen molar-refractivity contribution in [3.63, 3.8) is 0 Å². The van der Waals surface area contributed by atoms with E-state index in [1.54, 1.807) is 0 Å². The fourth-order valence-electron chi connectivity index (χ4n) is 4.40. The number of hydrogen-bond donors (Lipinski definition) is 0. The van der Waals surface area contributed by atoms with E-state index in [1.807, 2.05) is 17.0 Å². The monoisotopic (exact) mass is 457 g/mol. The van der Waals surface area contributed by atoms with Crippen molar-refractivity contribution in [2.45, 2.75) is 6.04 Å². The molecule has 2 aromatic carbocycles. The number of morpholine rings is 1. The molecule has 0 radical (unpaired) electrons. The van der Waals surface area contributed by atoms with Crippen LogP contribution >= 0.6 is 11.6 Å². The lowest BCUT2D eigenvalue weighted by molar-refractivity contribution is -0.140. The van der Waals surface area contributed by atoms with Crippen LogP contribution in [-0.4, -0.2) is 92.8 Å². The van der Waals surface area contributed by atoms with Crippen LogP contribution in [0.15, 0.2) is 54.6 Å². The van der Waals surface area contributed by atoms with Gasteiger partial charge >= 0.3 is 0 Å². The Labute approximate surface area is 195 Å². The van der Waals surface area contributed by atoms with Crippen LogP contribution in [0.3, 0.4) is 0 Å². The summed E-state index contributed by atoms with van der Waals surface area (Å²) in [6.07, 6.45) is 0. The Morgan fingerprint density at radius 1 is 0.906 bits per heavy atom. The molecule has 2 aliphatic heterocycles. The van der Waals surface area contributed by atoms with E-state index in [1.165, 1.54) is 11.1 Å². The molecule has 4 rings (SSSR count). The SMILES string of the molecule is O=C(COCCN1CCN(C(c2ccccc2)c2ccc(Cl)cc2)CC1)N1CCOCC1. The van der Waals surface area contributed by atoms with Gasteiger partial charge in [-0.1, -0.05) is 54.1 Å². The first kappa shape index (κ1) is 23.2. The molecule has 0 aliphatic carbocycles. The molecular formula is C25H32ClN3O3. The highest BCUT2D eigenvalue weighted by Crippen LogP contribution is 2.30. The number of amides is 1. The summed E-state index contributed by atoms with van der Waals surface area (Å²) in [4.78, 5) is 19.0. The molecule has 1 unspecified atom stereocenters. The van der Waals surface area contributed by atoms with Crippen molar-refractivity contribution in [1.82, 2.24) is 14.7 Å². The average molecular weight is 458 g/mol. The van der Waals surface area contributed by atoms with E-state index in [2.05, 4.69) is 52.3 Å². The number of carbonyl (C=O) groups excluding carboxylic acids is 1. The van der Waals surface area contributed by atoms with Gasteiger partial charge in [0.2, 0.25) is 5.91 Å². The molecule has 2 heterocycles. The molecule has 0 aromatic heterocycles. The zero-order chi connectivity index (χ0) is 22.2. The second-order valence-electron chi connectivity index (χ2n) is 8.29. The van der Waals surface area contributed by atoms with Crippen LogP contribution in [0.5, 0.6) is 0 Å². The van der Waals surface area contributed by atoms with Crippen molar-refractivity contribution in [1.29, 1.82) is 0 Å². The number of piperazine rings is 1. The Balaban J connectivity index is 1.26. The summed E-state index contributed by atoms with van der Waals surface area (Å²) in [7, 11) is 0. The van der Waals surface area contributed by atoms with Gasteiger partial charge in [-0.15, -0.1) is 0 Å². The molecular weight excluding hydrogens is 426 g/mol. The Bertz CT molecular complexity index is 835. The summed E-state index contributed by atoms with van der Waals surface area (Å²) in [5, 5.41) is 0.762. The van der Waals surface area contributed by atoms with E-state index in [0.717, 1.165) is 37.7 Å². The van der Waals surface area contributed by atoms with Crippen LogP contribution in [0, 0.1) is 0 Å². The lowest BCUT2D eigenvalue weighted by atomic mass is 9.96. The standard InChI is InChI=1S/C25H32ClN3O3/c26-23-8-6-22(7-9-23)25(21-4-2-1-3-5-21)29-12-10-27(11-13-29)14-17-32-20-24(30)28-15-18-31-19-16-28/h1-9,25H,10-20H2. The number of benzene rings is 2. The van der Waals surface area contributed by atoms with E-state index < -0.39 is 0 Å². The smallest absolute Gasteiger partial charge is 0.248 e. The van der Waals surface area contributed by atoms with Crippen molar-refractivity contribution in [2.24, 2.45) is 0 Å². The van der Waals surface area contributed by atoms with Crippen LogP contribution in [0.2, 0.25) is 5.02 Å². The zero-order valence-corrected chi connectivity index (χ0v) is 19.3. The molecule has 2 aromatic rings. The first-order valence-electron chi connectivity index (χ1n) is 11.4. The second kappa shape index (κ2) is 11.8. The molecule has 1 amide bonds. The average Bonchev–Trinajstić information content (AvgIpc) is 2.85. The second-order valence-corrected chi connectivity index (χ2v) is 8.72. The number of hydrogen-bond acceptors (Lipinski definition) is 5. The number of halogens is 1. The molecule has 0 bridgehead atoms. The van der Waals surface area contributed by atoms with E-state index in [9.17, 15) is 4.79 Å². The van der Waals surface area contributed by atoms with Crippen molar-refractivity contribution >= 4 is 17.5 Å². The Morgan fingerprint density at radius 3 is 2.25 bits per heavy atom. The molecule has 2 fully saturated rings. The summed E-state index contributed by atoms with van der Waals surface area (Å²) in [5.41, 5.74) is 2.56. The van der Waals surface area contributed by atoms with Crippen molar-refractivity contribution in [3.8, 4) is 0 Å². The van der Waals surface area contributed by atoms with Gasteiger partial charge in [0.25, 0.3) is 0 Å². The maximum Gasteiger partial charge on any atom is 0.248 e. The number of nitrogens with zero attached hydrogens (tertiary/aromatic N) is 3. The van der Waals surface area contributed by atoms with Gasteiger partial charge < -0.3 is 14.4 Å². The Kier molecular flexibility index (Phi) is 8.54. The van der Waals surface area contributed by atoms with Gasteiger partial charge in [-0.3, -0.25) is 14.6 Å². The highest BCUT2D eigenvalue weighted by Gasteiger charge is 2.26. The van der Waals surface area contributed by atoms with E-state index in [4.69, 9.17) is 21.1 Å². The molecule has 0 spiro atoms. The lowest BCUT2D eigenvalue weighted by Gasteiger charge is -2.39. The highest BCUT2D eigenvalue weighted by molar-refractivity contribution is 6.30. The molecule has 2 saturated heterocycles. The van der Waals surface area contributed by atoms with Gasteiger partial charge in [0.05, 0.1) is 25.9 Å². The van der Waals surface area contributed by atoms with Crippen LogP contribution in [-0.2, 0) is 14.3 Å². The highest BCUT2D eigenvalue weighted by atomic mass is 35.5. The lowest BCUT2D eigenvalue weighted by Crippen LogP contribution is -2.48. The summed E-state index contributed by atoms with van der Waals surface area (Å²) in [5.74, 6) is 0.0618. The van der Waals surface area contributed by atoms with Gasteiger partial charge in [0, 0.05) is 50.8 Å². The first-order valence-corrected chi connectivity index (χ1v) is 11.8. The topological polar surface area (TPSA) is 45.2 Å². The molecule has 7 heteroatoms. The van der Waals surface area contributed by atoms with Gasteiger partial charge in [-0.25, -0.2) is 0 Å². The Morgan fingerprint density at radius 2 is 1.56 bits per heavy atom. The summed E-state index contributed by atoms with van der Waals surface area (Å²) in [6, 6.07) is 19.1. The van der Waals surface area contributed by atoms with Crippen molar-refractivity contribution in [3.05, 3.63) is 70.7 Å². The minimum Gasteiger partial charge on any atom is -0.378 e. The molecule has 0 N–H and O–H groups in total. The van der Waals surface area contributed by atoms with Crippen molar-refractivity contribution in [2.75, 3.05) is 72.2 Å². The molecule has 32 heavy (non-hydrogen) atoms. The van der Waals surface area contributed by atoms with Gasteiger partial charge in [-0.05, 0) is 23.3 Å². The third kappa shape index (κ3) is 6.30. The maximum absolute atomic E-state index is 12.2. The van der Waals surface area contributed by atoms with E-state index in [-0.39, 0.29) is 18.6 Å². The third-order valence-corrected chi connectivity index (χ3v) is 6.47. The number of ether oxygens (including phenoxy) is 2. The summed E-state index contributed by atoms with van der Waals surface area (Å²) in [6.45, 7) is 8.09. The minimum atomic E-state index is 0.0618. The van der Waals surface area contributed by atoms with Crippen LogP contribution in [0.4, 0.5) is 0 Å². The summed E-state index contributed by atoms with van der Waals surface area (Å²) < 4.78 is 11.0. The quantitative estimate of drug-likeness (QED) is 0.570. The third-order valence-electron chi connectivity index (χ3n) is 6.21. The number of carbonyl (C=O) groups is 1. The largest absolute Gasteiger partial charge is 0.378 e. The van der Waals surface area contributed by atoms with E-state index >= 15 is 0 Å².